The number of nitrogens with one attached hydrogen (secondary N) is 1. The summed E-state index contributed by atoms with van der Waals surface area (Å²) in [7, 11) is 0. The van der Waals surface area contributed by atoms with Crippen LogP contribution in [0.3, 0.4) is 0 Å². The normalized spacial score (nSPS) is 26.4. The molecule has 1 fully saturated rings. The maximum atomic E-state index is 15.2. The number of rotatable bonds is 4. The second-order valence-corrected chi connectivity index (χ2v) is 10.3. The molecule has 1 aliphatic heterocycles. The molecule has 0 aliphatic carbocycles. The van der Waals surface area contributed by atoms with E-state index in [1.165, 1.54) is 12.1 Å². The zero-order chi connectivity index (χ0) is 22.3. The summed E-state index contributed by atoms with van der Waals surface area (Å²) in [6, 6.07) is 12.1. The number of hydrogen-bond donors (Lipinski definition) is 2. The lowest BCUT2D eigenvalue weighted by Crippen LogP contribution is -2.44. The van der Waals surface area contributed by atoms with Crippen LogP contribution in [0.15, 0.2) is 46.9 Å². The van der Waals surface area contributed by atoms with Crippen molar-refractivity contribution in [2.75, 3.05) is 0 Å². The van der Waals surface area contributed by atoms with E-state index in [9.17, 15) is 15.2 Å². The number of carboxylic acid groups (broad SMARTS) is 1. The summed E-state index contributed by atoms with van der Waals surface area (Å²) < 4.78 is 16.0. The van der Waals surface area contributed by atoms with Gasteiger partial charge in [-0.3, -0.25) is 10.1 Å². The van der Waals surface area contributed by atoms with E-state index >= 15 is 4.39 Å². The van der Waals surface area contributed by atoms with E-state index in [-0.39, 0.29) is 16.0 Å². The Kier molecular flexibility index (Phi) is 6.29. The van der Waals surface area contributed by atoms with Crippen LogP contribution in [0.25, 0.3) is 0 Å². The molecular formula is C23H23BrClFN2O2. The second-order valence-electron chi connectivity index (χ2n) is 8.94. The molecule has 1 saturated heterocycles. The van der Waals surface area contributed by atoms with Crippen molar-refractivity contribution in [2.24, 2.45) is 5.41 Å². The van der Waals surface area contributed by atoms with Gasteiger partial charge in [-0.15, -0.1) is 0 Å². The highest BCUT2D eigenvalue weighted by Crippen LogP contribution is 2.52. The lowest BCUT2D eigenvalue weighted by Gasteiger charge is -2.37. The third kappa shape index (κ3) is 4.12. The van der Waals surface area contributed by atoms with Gasteiger partial charge >= 0.3 is 5.97 Å². The number of halogens is 3. The van der Waals surface area contributed by atoms with E-state index in [0.717, 1.165) is 4.47 Å². The highest BCUT2D eigenvalue weighted by atomic mass is 79.9. The number of nitriles is 1. The van der Waals surface area contributed by atoms with Gasteiger partial charge in [0.1, 0.15) is 17.3 Å². The quantitative estimate of drug-likeness (QED) is 0.577. The Morgan fingerprint density at radius 1 is 1.33 bits per heavy atom. The van der Waals surface area contributed by atoms with Gasteiger partial charge < -0.3 is 5.11 Å². The van der Waals surface area contributed by atoms with Crippen LogP contribution < -0.4 is 5.32 Å². The molecule has 4 atom stereocenters. The molecule has 0 amide bonds. The molecule has 1 aliphatic rings. The van der Waals surface area contributed by atoms with Crippen LogP contribution in [0.1, 0.15) is 44.2 Å². The maximum Gasteiger partial charge on any atom is 0.321 e. The van der Waals surface area contributed by atoms with Crippen molar-refractivity contribution in [1.29, 1.82) is 5.26 Å². The molecule has 2 aromatic rings. The minimum Gasteiger partial charge on any atom is -0.480 e. The van der Waals surface area contributed by atoms with Crippen molar-refractivity contribution in [3.05, 3.63) is 68.9 Å². The fraction of sp³-hybridized carbons (Fsp3) is 0.391. The summed E-state index contributed by atoms with van der Waals surface area (Å²) in [4.78, 5) is 12.3. The molecule has 0 unspecified atom stereocenters. The smallest absolute Gasteiger partial charge is 0.321 e. The van der Waals surface area contributed by atoms with Crippen LogP contribution in [-0.4, -0.2) is 23.2 Å². The molecule has 7 heteroatoms. The Morgan fingerprint density at radius 3 is 2.57 bits per heavy atom. The van der Waals surface area contributed by atoms with Crippen LogP contribution in [0.5, 0.6) is 0 Å². The number of nitrogens with zero attached hydrogens (tertiary/aromatic N) is 1. The largest absolute Gasteiger partial charge is 0.480 e. The first kappa shape index (κ1) is 22.7. The standard InChI is InChI=1S/C23H23BrClFN2O2/c1-22(2,3)11-18-23(12-27,16-8-7-15(25)10-17(16)26)19(20(28-18)21(29)30)13-5-4-6-14(24)9-13/h4-10,18-20,28H,11H2,1-3H3,(H,29,30)/t18-,19-,20-,23-/m0/s1. The van der Waals surface area contributed by atoms with Gasteiger partial charge in [0.2, 0.25) is 0 Å². The average Bonchev–Trinajstić information content (AvgIpc) is 2.95. The Morgan fingerprint density at radius 2 is 2.03 bits per heavy atom. The molecule has 4 nitrogen and oxygen atoms in total. The van der Waals surface area contributed by atoms with Crippen molar-refractivity contribution in [3.63, 3.8) is 0 Å². The Balaban J connectivity index is 2.33. The van der Waals surface area contributed by atoms with Gasteiger partial charge in [0.05, 0.1) is 6.07 Å². The summed E-state index contributed by atoms with van der Waals surface area (Å²) in [6.45, 7) is 6.03. The van der Waals surface area contributed by atoms with Crippen LogP contribution >= 0.6 is 27.5 Å². The molecule has 0 spiro atoms. The number of carbonyl (C=O) groups is 1. The second kappa shape index (κ2) is 8.30. The molecule has 0 radical (unpaired) electrons. The van der Waals surface area contributed by atoms with Gasteiger partial charge in [0.15, 0.2) is 0 Å². The summed E-state index contributed by atoms with van der Waals surface area (Å²) in [5.74, 6) is -2.50. The Bertz CT molecular complexity index is 1020. The molecule has 2 aromatic carbocycles. The van der Waals surface area contributed by atoms with Gasteiger partial charge in [0, 0.05) is 27.0 Å². The average molecular weight is 494 g/mol. The topological polar surface area (TPSA) is 73.1 Å². The molecule has 0 saturated carbocycles. The predicted octanol–water partition coefficient (Wildman–Crippen LogP) is 5.65. The SMILES string of the molecule is CC(C)(C)C[C@@H]1N[C@H](C(=O)O)[C@H](c2cccc(Br)c2)[C@@]1(C#N)c1ccc(Cl)cc1F. The molecule has 3 rings (SSSR count). The lowest BCUT2D eigenvalue weighted by atomic mass is 9.63. The van der Waals surface area contributed by atoms with Gasteiger partial charge in [-0.25, -0.2) is 4.39 Å². The first-order chi connectivity index (χ1) is 14.0. The van der Waals surface area contributed by atoms with Crippen LogP contribution in [0, 0.1) is 22.6 Å². The third-order valence-corrected chi connectivity index (χ3v) is 6.33. The molecule has 0 aromatic heterocycles. The monoisotopic (exact) mass is 492 g/mol. The third-order valence-electron chi connectivity index (χ3n) is 5.61. The summed E-state index contributed by atoms with van der Waals surface area (Å²) >= 11 is 9.40. The first-order valence-corrected chi connectivity index (χ1v) is 10.8. The summed E-state index contributed by atoms with van der Waals surface area (Å²) in [5.41, 5.74) is -0.856. The zero-order valence-electron chi connectivity index (χ0n) is 16.9. The molecule has 30 heavy (non-hydrogen) atoms. The first-order valence-electron chi connectivity index (χ1n) is 9.60. The van der Waals surface area contributed by atoms with Gasteiger partial charge in [0.25, 0.3) is 0 Å². The van der Waals surface area contributed by atoms with E-state index in [2.05, 4.69) is 27.3 Å². The molecule has 1 heterocycles. The van der Waals surface area contributed by atoms with Gasteiger partial charge in [-0.1, -0.05) is 66.5 Å². The highest BCUT2D eigenvalue weighted by Gasteiger charge is 2.60. The van der Waals surface area contributed by atoms with E-state index in [4.69, 9.17) is 11.6 Å². The number of benzene rings is 2. The molecule has 0 bridgehead atoms. The minimum atomic E-state index is -1.44. The predicted molar refractivity (Wildman–Crippen MR) is 118 cm³/mol. The fourth-order valence-corrected chi connectivity index (χ4v) is 5.09. The fourth-order valence-electron chi connectivity index (χ4n) is 4.51. The molecule has 158 valence electrons. The van der Waals surface area contributed by atoms with E-state index < -0.39 is 35.2 Å². The number of aliphatic carboxylic acids is 1. The van der Waals surface area contributed by atoms with Gasteiger partial charge in [-0.2, -0.15) is 5.26 Å². The van der Waals surface area contributed by atoms with E-state index in [1.54, 1.807) is 24.3 Å². The van der Waals surface area contributed by atoms with Crippen LogP contribution in [0.4, 0.5) is 4.39 Å². The number of carboxylic acids is 1. The molecule has 2 N–H and O–H groups in total. The Hall–Kier alpha value is -1.94. The van der Waals surface area contributed by atoms with Crippen LogP contribution in [0.2, 0.25) is 5.02 Å². The number of hydrogen-bond acceptors (Lipinski definition) is 3. The Labute approximate surface area is 189 Å². The zero-order valence-corrected chi connectivity index (χ0v) is 19.3. The van der Waals surface area contributed by atoms with Crippen LogP contribution in [-0.2, 0) is 10.2 Å². The van der Waals surface area contributed by atoms with Gasteiger partial charge in [-0.05, 0) is 41.7 Å². The van der Waals surface area contributed by atoms with Crippen molar-refractivity contribution in [1.82, 2.24) is 5.32 Å². The summed E-state index contributed by atoms with van der Waals surface area (Å²) in [6.07, 6.45) is 0.483. The van der Waals surface area contributed by atoms with Crippen molar-refractivity contribution in [3.8, 4) is 6.07 Å². The molecular weight excluding hydrogens is 471 g/mol. The van der Waals surface area contributed by atoms with Crippen molar-refractivity contribution >= 4 is 33.5 Å². The highest BCUT2D eigenvalue weighted by molar-refractivity contribution is 9.10. The van der Waals surface area contributed by atoms with Crippen molar-refractivity contribution in [2.45, 2.75) is 50.6 Å². The van der Waals surface area contributed by atoms with Crippen molar-refractivity contribution < 1.29 is 14.3 Å². The minimum absolute atomic E-state index is 0.157. The maximum absolute atomic E-state index is 15.2. The van der Waals surface area contributed by atoms with E-state index in [1.807, 2.05) is 26.8 Å². The lowest BCUT2D eigenvalue weighted by molar-refractivity contribution is -0.139. The summed E-state index contributed by atoms with van der Waals surface area (Å²) in [5, 5.41) is 23.9. The van der Waals surface area contributed by atoms with E-state index in [0.29, 0.717) is 12.0 Å².